The number of aryl methyl sites for hydroxylation is 3. The molecule has 0 saturated carbocycles. The lowest BCUT2D eigenvalue weighted by molar-refractivity contribution is 0.0997. The Kier molecular flexibility index (Phi) is 4.63. The molecule has 0 aliphatic rings. The zero-order valence-electron chi connectivity index (χ0n) is 14.9. The van der Waals surface area contributed by atoms with Gasteiger partial charge in [-0.1, -0.05) is 23.5 Å². The zero-order valence-corrected chi connectivity index (χ0v) is 15.7. The Morgan fingerprint density at radius 3 is 2.20 bits per heavy atom. The van der Waals surface area contributed by atoms with Crippen LogP contribution < -0.4 is 14.3 Å². The summed E-state index contributed by atoms with van der Waals surface area (Å²) >= 11 is 1.52. The summed E-state index contributed by atoms with van der Waals surface area (Å²) in [5, 5.41) is 0. The normalized spacial score (nSPS) is 11.8. The van der Waals surface area contributed by atoms with Gasteiger partial charge in [-0.25, -0.2) is 0 Å². The fraction of sp³-hybridized carbons (Fsp3) is 0.263. The lowest BCUT2D eigenvalue weighted by Gasteiger charge is -2.06. The summed E-state index contributed by atoms with van der Waals surface area (Å²) in [6, 6.07) is 9.23. The molecule has 0 atom stereocenters. The van der Waals surface area contributed by atoms with Crippen molar-refractivity contribution >= 4 is 27.5 Å². The standard InChI is InChI=1S/C19H20N2O3S/c1-11-6-7-12(2)17-16(11)21(3)19(25-17)20-18(22)13-8-14(23-4)10-15(9-13)24-5/h6-10H,1-5H3. The summed E-state index contributed by atoms with van der Waals surface area (Å²) in [4.78, 5) is 17.7. The van der Waals surface area contributed by atoms with Crippen LogP contribution >= 0.6 is 11.3 Å². The second kappa shape index (κ2) is 6.72. The molecule has 0 unspecified atom stereocenters. The molecule has 3 rings (SSSR count). The summed E-state index contributed by atoms with van der Waals surface area (Å²) in [5.41, 5.74) is 3.89. The molecular weight excluding hydrogens is 336 g/mol. The smallest absolute Gasteiger partial charge is 0.279 e. The van der Waals surface area contributed by atoms with Gasteiger partial charge in [-0.05, 0) is 37.1 Å². The maximum atomic E-state index is 12.7. The molecule has 1 amide bonds. The van der Waals surface area contributed by atoms with Crippen molar-refractivity contribution in [1.29, 1.82) is 0 Å². The van der Waals surface area contributed by atoms with E-state index in [0.29, 0.717) is 21.9 Å². The lowest BCUT2D eigenvalue weighted by atomic mass is 10.1. The Bertz CT molecular complexity index is 1010. The van der Waals surface area contributed by atoms with E-state index in [4.69, 9.17) is 9.47 Å². The van der Waals surface area contributed by atoms with Gasteiger partial charge in [0.05, 0.1) is 24.4 Å². The molecule has 2 aromatic carbocycles. The Labute approximate surface area is 150 Å². The van der Waals surface area contributed by atoms with Crippen LogP contribution in [0.4, 0.5) is 0 Å². The van der Waals surface area contributed by atoms with E-state index in [1.165, 1.54) is 16.9 Å². The number of hydrogen-bond acceptors (Lipinski definition) is 4. The average molecular weight is 356 g/mol. The number of carbonyl (C=O) groups excluding carboxylic acids is 1. The summed E-state index contributed by atoms with van der Waals surface area (Å²) in [7, 11) is 5.04. The quantitative estimate of drug-likeness (QED) is 0.720. The maximum absolute atomic E-state index is 12.7. The number of methoxy groups -OCH3 is 2. The van der Waals surface area contributed by atoms with Crippen molar-refractivity contribution in [2.45, 2.75) is 13.8 Å². The van der Waals surface area contributed by atoms with Crippen molar-refractivity contribution in [3.8, 4) is 11.5 Å². The lowest BCUT2D eigenvalue weighted by Crippen LogP contribution is -2.13. The van der Waals surface area contributed by atoms with E-state index in [-0.39, 0.29) is 5.91 Å². The van der Waals surface area contributed by atoms with E-state index in [9.17, 15) is 4.79 Å². The van der Waals surface area contributed by atoms with Crippen molar-refractivity contribution in [2.24, 2.45) is 12.0 Å². The van der Waals surface area contributed by atoms with Crippen LogP contribution in [0.15, 0.2) is 35.3 Å². The first-order chi connectivity index (χ1) is 11.9. The van der Waals surface area contributed by atoms with Crippen LogP contribution in [-0.2, 0) is 7.05 Å². The highest BCUT2D eigenvalue weighted by atomic mass is 32.1. The monoisotopic (exact) mass is 356 g/mol. The highest BCUT2D eigenvalue weighted by Gasteiger charge is 2.12. The fourth-order valence-electron chi connectivity index (χ4n) is 2.75. The van der Waals surface area contributed by atoms with E-state index >= 15 is 0 Å². The number of rotatable bonds is 3. The molecule has 0 N–H and O–H groups in total. The van der Waals surface area contributed by atoms with Gasteiger partial charge in [0, 0.05) is 18.7 Å². The molecular formula is C19H20N2O3S. The molecule has 0 aliphatic carbocycles. The van der Waals surface area contributed by atoms with Gasteiger partial charge < -0.3 is 14.0 Å². The molecule has 0 spiro atoms. The first-order valence-electron chi connectivity index (χ1n) is 7.82. The Morgan fingerprint density at radius 2 is 1.64 bits per heavy atom. The van der Waals surface area contributed by atoms with Crippen molar-refractivity contribution in [2.75, 3.05) is 14.2 Å². The summed E-state index contributed by atoms with van der Waals surface area (Å²) in [6.07, 6.45) is 0. The molecule has 0 aliphatic heterocycles. The summed E-state index contributed by atoms with van der Waals surface area (Å²) in [5.74, 6) is 0.797. The molecule has 25 heavy (non-hydrogen) atoms. The van der Waals surface area contributed by atoms with Crippen LogP contribution in [0.3, 0.4) is 0 Å². The van der Waals surface area contributed by atoms with Crippen LogP contribution in [-0.4, -0.2) is 24.7 Å². The number of hydrogen-bond donors (Lipinski definition) is 0. The molecule has 0 saturated heterocycles. The largest absolute Gasteiger partial charge is 0.497 e. The second-order valence-corrected chi connectivity index (χ2v) is 6.82. The molecule has 6 heteroatoms. The molecule has 0 fully saturated rings. The van der Waals surface area contributed by atoms with E-state index in [1.807, 2.05) is 11.6 Å². The third kappa shape index (κ3) is 3.17. The number of amides is 1. The number of fused-ring (bicyclic) bond motifs is 1. The van der Waals surface area contributed by atoms with Gasteiger partial charge in [0.1, 0.15) is 11.5 Å². The van der Waals surface area contributed by atoms with Gasteiger partial charge in [-0.2, -0.15) is 4.99 Å². The van der Waals surface area contributed by atoms with Gasteiger partial charge >= 0.3 is 0 Å². The van der Waals surface area contributed by atoms with Gasteiger partial charge in [0.25, 0.3) is 5.91 Å². The molecule has 0 radical (unpaired) electrons. The van der Waals surface area contributed by atoms with Gasteiger partial charge in [0.15, 0.2) is 4.80 Å². The minimum atomic E-state index is -0.324. The van der Waals surface area contributed by atoms with Gasteiger partial charge in [-0.15, -0.1) is 0 Å². The number of ether oxygens (including phenoxy) is 2. The predicted molar refractivity (Wildman–Crippen MR) is 99.7 cm³/mol. The molecule has 1 heterocycles. The third-order valence-electron chi connectivity index (χ3n) is 4.14. The molecule has 5 nitrogen and oxygen atoms in total. The van der Waals surface area contributed by atoms with Crippen LogP contribution in [0.5, 0.6) is 11.5 Å². The van der Waals surface area contributed by atoms with E-state index in [0.717, 1.165) is 15.8 Å². The van der Waals surface area contributed by atoms with E-state index in [1.54, 1.807) is 32.4 Å². The number of aromatic nitrogens is 1. The van der Waals surface area contributed by atoms with Crippen LogP contribution in [0.2, 0.25) is 0 Å². The zero-order chi connectivity index (χ0) is 18.1. The fourth-order valence-corrected chi connectivity index (χ4v) is 3.91. The average Bonchev–Trinajstić information content (AvgIpc) is 2.95. The first-order valence-corrected chi connectivity index (χ1v) is 8.64. The highest BCUT2D eigenvalue weighted by Crippen LogP contribution is 2.25. The topological polar surface area (TPSA) is 52.8 Å². The molecule has 1 aromatic heterocycles. The van der Waals surface area contributed by atoms with Crippen molar-refractivity contribution in [3.05, 3.63) is 51.8 Å². The van der Waals surface area contributed by atoms with E-state index < -0.39 is 0 Å². The first kappa shape index (κ1) is 17.2. The van der Waals surface area contributed by atoms with Crippen molar-refractivity contribution in [3.63, 3.8) is 0 Å². The Hall–Kier alpha value is -2.60. The number of nitrogens with zero attached hydrogens (tertiary/aromatic N) is 2. The van der Waals surface area contributed by atoms with Crippen LogP contribution in [0.25, 0.3) is 10.2 Å². The van der Waals surface area contributed by atoms with Gasteiger partial charge in [0.2, 0.25) is 0 Å². The van der Waals surface area contributed by atoms with Crippen LogP contribution in [0.1, 0.15) is 21.5 Å². The Morgan fingerprint density at radius 1 is 1.04 bits per heavy atom. The molecule has 130 valence electrons. The number of carbonyl (C=O) groups is 1. The molecule has 3 aromatic rings. The Balaban J connectivity index is 2.14. The highest BCUT2D eigenvalue weighted by molar-refractivity contribution is 7.16. The van der Waals surface area contributed by atoms with Gasteiger partial charge in [-0.3, -0.25) is 4.79 Å². The number of thiazole rings is 1. The third-order valence-corrected chi connectivity index (χ3v) is 5.41. The number of benzene rings is 2. The predicted octanol–water partition coefficient (Wildman–Crippen LogP) is 3.61. The summed E-state index contributed by atoms with van der Waals surface area (Å²) in [6.45, 7) is 4.13. The van der Waals surface area contributed by atoms with Crippen LogP contribution in [0, 0.1) is 13.8 Å². The summed E-state index contributed by atoms with van der Waals surface area (Å²) < 4.78 is 13.6. The van der Waals surface area contributed by atoms with Crippen molar-refractivity contribution < 1.29 is 14.3 Å². The SMILES string of the molecule is COc1cc(OC)cc(C(=O)N=c2sc3c(C)ccc(C)c3n2C)c1. The second-order valence-electron chi connectivity index (χ2n) is 5.84. The van der Waals surface area contributed by atoms with E-state index in [2.05, 4.69) is 31.0 Å². The maximum Gasteiger partial charge on any atom is 0.279 e. The minimum absolute atomic E-state index is 0.324. The minimum Gasteiger partial charge on any atom is -0.497 e. The molecule has 0 bridgehead atoms. The van der Waals surface area contributed by atoms with Crippen molar-refractivity contribution in [1.82, 2.24) is 4.57 Å².